The first-order chi connectivity index (χ1) is 18.4. The summed E-state index contributed by atoms with van der Waals surface area (Å²) >= 11 is 0. The number of piperidine rings is 1. The lowest BCUT2D eigenvalue weighted by Gasteiger charge is -2.64. The van der Waals surface area contributed by atoms with Crippen LogP contribution in [0.5, 0.6) is 11.5 Å². The van der Waals surface area contributed by atoms with Crippen LogP contribution >= 0.6 is 0 Å². The second-order valence-electron chi connectivity index (χ2n) is 11.8. The zero-order valence-electron chi connectivity index (χ0n) is 22.4. The molecule has 2 heterocycles. The Morgan fingerprint density at radius 3 is 2.79 bits per heavy atom. The van der Waals surface area contributed by atoms with Gasteiger partial charge in [0.05, 0.1) is 17.1 Å². The van der Waals surface area contributed by atoms with E-state index >= 15 is 0 Å². The zero-order valence-corrected chi connectivity index (χ0v) is 22.4. The van der Waals surface area contributed by atoms with Crippen molar-refractivity contribution in [3.8, 4) is 11.5 Å². The monoisotopic (exact) mass is 516 g/mol. The molecule has 6 nitrogen and oxygen atoms in total. The molecule has 2 fully saturated rings. The largest absolute Gasteiger partial charge is 0.504 e. The van der Waals surface area contributed by atoms with Crippen molar-refractivity contribution in [1.29, 1.82) is 0 Å². The van der Waals surface area contributed by atoms with Crippen LogP contribution in [0, 0.1) is 0 Å². The van der Waals surface area contributed by atoms with Gasteiger partial charge in [0.2, 0.25) is 5.91 Å². The second-order valence-corrected chi connectivity index (χ2v) is 11.8. The lowest BCUT2D eigenvalue weighted by Crippen LogP contribution is -2.78. The second kappa shape index (κ2) is 9.73. The van der Waals surface area contributed by atoms with Crippen LogP contribution < -0.4 is 4.74 Å². The minimum Gasteiger partial charge on any atom is -0.504 e. The number of amides is 1. The summed E-state index contributed by atoms with van der Waals surface area (Å²) in [5.41, 5.74) is 1.89. The third kappa shape index (κ3) is 3.71. The number of aryl methyl sites for hydroxylation is 1. The number of aliphatic hydroxyl groups is 1. The summed E-state index contributed by atoms with van der Waals surface area (Å²) in [5.74, 6) is 0.792. The van der Waals surface area contributed by atoms with Crippen LogP contribution in [0.25, 0.3) is 0 Å². The molecule has 1 saturated heterocycles. The van der Waals surface area contributed by atoms with Crippen LogP contribution in [0.15, 0.2) is 55.1 Å². The van der Waals surface area contributed by atoms with E-state index in [1.165, 1.54) is 5.56 Å². The Balaban J connectivity index is 1.21. The van der Waals surface area contributed by atoms with Gasteiger partial charge in [-0.15, -0.1) is 6.58 Å². The number of ether oxygens (including phenoxy) is 1. The van der Waals surface area contributed by atoms with Crippen molar-refractivity contribution in [3.05, 3.63) is 71.8 Å². The van der Waals surface area contributed by atoms with Crippen LogP contribution in [-0.2, 0) is 23.1 Å². The Bertz CT molecular complexity index is 1220. The molecule has 202 valence electrons. The van der Waals surface area contributed by atoms with Gasteiger partial charge >= 0.3 is 0 Å². The predicted molar refractivity (Wildman–Crippen MR) is 147 cm³/mol. The molecule has 2 aromatic carbocycles. The lowest BCUT2D eigenvalue weighted by molar-refractivity contribution is -0.198. The van der Waals surface area contributed by atoms with Crippen molar-refractivity contribution >= 4 is 5.91 Å². The van der Waals surface area contributed by atoms with Gasteiger partial charge in [-0.25, -0.2) is 0 Å². The third-order valence-corrected chi connectivity index (χ3v) is 10.00. The van der Waals surface area contributed by atoms with Crippen molar-refractivity contribution in [1.82, 2.24) is 9.80 Å². The molecule has 0 radical (unpaired) electrons. The molecular formula is C32H40N2O4. The van der Waals surface area contributed by atoms with Crippen LogP contribution in [0.2, 0.25) is 0 Å². The van der Waals surface area contributed by atoms with E-state index in [4.69, 9.17) is 4.74 Å². The SMILES string of the molecule is C=CCN1CC[C@]23c4c5ccc(O)c4O[C@H]2[C@@H](N(C)C(=O)CCCCCc2ccccc2)CC[C@@]3(O)[C@H]1C5. The molecule has 2 aliphatic carbocycles. The minimum absolute atomic E-state index is 0.0325. The maximum Gasteiger partial charge on any atom is 0.222 e. The summed E-state index contributed by atoms with van der Waals surface area (Å²) in [4.78, 5) is 17.6. The molecule has 1 saturated carbocycles. The maximum absolute atomic E-state index is 13.4. The minimum atomic E-state index is -0.969. The highest BCUT2D eigenvalue weighted by Gasteiger charge is 2.73. The van der Waals surface area contributed by atoms with E-state index in [1.54, 1.807) is 6.07 Å². The standard InChI is InChI=1S/C32H40N2O4/c1-3-19-34-20-18-31-28-23-14-15-25(35)29(28)38-30(31)24(16-17-32(31,37)26(34)21-23)33(2)27(36)13-9-5-8-12-22-10-6-4-7-11-22/h3-4,6-7,10-11,14-15,24,26,30,35,37H,1,5,8-9,12-13,16-21H2,2H3/t24-,26+,30-,31-,32+/m0/s1. The van der Waals surface area contributed by atoms with Crippen molar-refractivity contribution < 1.29 is 19.7 Å². The van der Waals surface area contributed by atoms with Gasteiger partial charge in [-0.1, -0.05) is 48.9 Å². The first-order valence-electron chi connectivity index (χ1n) is 14.3. The molecule has 6 rings (SSSR count). The average Bonchev–Trinajstić information content (AvgIpc) is 3.27. The van der Waals surface area contributed by atoms with E-state index in [1.807, 2.05) is 30.2 Å². The maximum atomic E-state index is 13.4. The number of carbonyl (C=O) groups is 1. The van der Waals surface area contributed by atoms with Crippen LogP contribution in [0.1, 0.15) is 61.6 Å². The number of rotatable bonds is 9. The Morgan fingerprint density at radius 1 is 1.18 bits per heavy atom. The molecule has 0 unspecified atom stereocenters. The number of phenols is 1. The molecule has 38 heavy (non-hydrogen) atoms. The van der Waals surface area contributed by atoms with Gasteiger partial charge in [-0.05, 0) is 68.7 Å². The Morgan fingerprint density at radius 2 is 2.00 bits per heavy atom. The topological polar surface area (TPSA) is 73.2 Å². The zero-order chi connectivity index (χ0) is 26.5. The number of carbonyl (C=O) groups excluding carboxylic acids is 1. The fourth-order valence-electron chi connectivity index (χ4n) is 8.17. The van der Waals surface area contributed by atoms with E-state index in [2.05, 4.69) is 35.7 Å². The Hall–Kier alpha value is -2.83. The Labute approximate surface area is 225 Å². The van der Waals surface area contributed by atoms with Gasteiger partial charge in [0.1, 0.15) is 6.10 Å². The fourth-order valence-corrected chi connectivity index (χ4v) is 8.17. The highest BCUT2D eigenvalue weighted by molar-refractivity contribution is 5.76. The van der Waals surface area contributed by atoms with Gasteiger partial charge in [0.15, 0.2) is 11.5 Å². The van der Waals surface area contributed by atoms with Gasteiger partial charge in [0.25, 0.3) is 0 Å². The van der Waals surface area contributed by atoms with Crippen molar-refractivity contribution in [2.24, 2.45) is 0 Å². The lowest BCUT2D eigenvalue weighted by atomic mass is 9.48. The first kappa shape index (κ1) is 25.4. The number of likely N-dealkylation sites (N-methyl/N-ethyl adjacent to an activating group) is 1. The van der Waals surface area contributed by atoms with Crippen molar-refractivity contribution in [3.63, 3.8) is 0 Å². The van der Waals surface area contributed by atoms with Crippen molar-refractivity contribution in [2.75, 3.05) is 20.1 Å². The summed E-state index contributed by atoms with van der Waals surface area (Å²) in [5, 5.41) is 23.3. The van der Waals surface area contributed by atoms with Gasteiger partial charge in [0, 0.05) is 31.6 Å². The molecular weight excluding hydrogens is 476 g/mol. The smallest absolute Gasteiger partial charge is 0.222 e. The average molecular weight is 517 g/mol. The van der Waals surface area contributed by atoms with E-state index in [0.717, 1.165) is 62.7 Å². The Kier molecular flexibility index (Phi) is 6.51. The quantitative estimate of drug-likeness (QED) is 0.383. The van der Waals surface area contributed by atoms with Gasteiger partial charge < -0.3 is 19.8 Å². The number of benzene rings is 2. The number of nitrogens with zero attached hydrogens (tertiary/aromatic N) is 2. The summed E-state index contributed by atoms with van der Waals surface area (Å²) in [6.45, 7) is 5.52. The highest BCUT2D eigenvalue weighted by atomic mass is 16.5. The molecule has 6 heteroatoms. The molecule has 2 aromatic rings. The third-order valence-electron chi connectivity index (χ3n) is 10.00. The molecule has 1 spiro atoms. The summed E-state index contributed by atoms with van der Waals surface area (Å²) in [6.07, 6.45) is 8.83. The number of hydrogen-bond donors (Lipinski definition) is 2. The number of aromatic hydroxyl groups is 1. The molecule has 2 bridgehead atoms. The van der Waals surface area contributed by atoms with Crippen LogP contribution in [0.4, 0.5) is 0 Å². The molecule has 2 aliphatic heterocycles. The number of phenolic OH excluding ortho intramolecular Hbond substituents is 1. The number of unbranched alkanes of at least 4 members (excludes halogenated alkanes) is 2. The molecule has 4 aliphatic rings. The van der Waals surface area contributed by atoms with Crippen LogP contribution in [0.3, 0.4) is 0 Å². The van der Waals surface area contributed by atoms with E-state index in [9.17, 15) is 15.0 Å². The molecule has 2 N–H and O–H groups in total. The van der Waals surface area contributed by atoms with Crippen LogP contribution in [-0.4, -0.2) is 69.8 Å². The van der Waals surface area contributed by atoms with E-state index in [0.29, 0.717) is 25.0 Å². The molecule has 0 aromatic heterocycles. The van der Waals surface area contributed by atoms with Crippen molar-refractivity contribution in [2.45, 2.75) is 87.0 Å². The summed E-state index contributed by atoms with van der Waals surface area (Å²) < 4.78 is 6.60. The normalized spacial score (nSPS) is 30.8. The van der Waals surface area contributed by atoms with E-state index < -0.39 is 11.0 Å². The number of likely N-dealkylation sites (tertiary alicyclic amines) is 1. The highest BCUT2D eigenvalue weighted by Crippen LogP contribution is 2.65. The molecule has 5 atom stereocenters. The summed E-state index contributed by atoms with van der Waals surface area (Å²) in [7, 11) is 1.90. The van der Waals surface area contributed by atoms with E-state index in [-0.39, 0.29) is 29.8 Å². The fraction of sp³-hybridized carbons (Fsp3) is 0.531. The number of hydrogen-bond acceptors (Lipinski definition) is 5. The first-order valence-corrected chi connectivity index (χ1v) is 14.3. The predicted octanol–water partition coefficient (Wildman–Crippen LogP) is 4.36. The van der Waals surface area contributed by atoms with Gasteiger partial charge in [-0.3, -0.25) is 9.69 Å². The van der Waals surface area contributed by atoms with Gasteiger partial charge in [-0.2, -0.15) is 0 Å². The summed E-state index contributed by atoms with van der Waals surface area (Å²) in [6, 6.07) is 14.0. The molecule has 1 amide bonds.